The second-order valence-electron chi connectivity index (χ2n) is 3.35. The molecule has 0 radical (unpaired) electrons. The molecule has 4 nitrogen and oxygen atoms in total. The molecule has 2 rings (SSSR count). The highest BCUT2D eigenvalue weighted by Crippen LogP contribution is 2.39. The fraction of sp³-hybridized carbons (Fsp3) is 0.667. The topological polar surface area (TPSA) is 55.8 Å². The number of aliphatic hydroxyl groups is 1. The lowest BCUT2D eigenvalue weighted by atomic mass is 9.84. The Morgan fingerprint density at radius 3 is 2.85 bits per heavy atom. The molecule has 2 heterocycles. The summed E-state index contributed by atoms with van der Waals surface area (Å²) >= 11 is 0. The van der Waals surface area contributed by atoms with E-state index in [0.717, 1.165) is 0 Å². The summed E-state index contributed by atoms with van der Waals surface area (Å²) in [7, 11) is 1.35. The van der Waals surface area contributed by atoms with Crippen molar-refractivity contribution in [1.82, 2.24) is 0 Å². The SMILES string of the molecule is COC(=O)C1C2C=CC(O2)C1CO. The van der Waals surface area contributed by atoms with Crippen LogP contribution in [-0.2, 0) is 14.3 Å². The predicted molar refractivity (Wildman–Crippen MR) is 43.9 cm³/mol. The van der Waals surface area contributed by atoms with Gasteiger partial charge in [-0.1, -0.05) is 12.2 Å². The third kappa shape index (κ3) is 1.17. The summed E-state index contributed by atoms with van der Waals surface area (Å²) < 4.78 is 10.1. The van der Waals surface area contributed by atoms with E-state index in [1.165, 1.54) is 7.11 Å². The van der Waals surface area contributed by atoms with Crippen LogP contribution in [0.3, 0.4) is 0 Å². The monoisotopic (exact) mass is 184 g/mol. The van der Waals surface area contributed by atoms with E-state index in [-0.39, 0.29) is 36.6 Å². The van der Waals surface area contributed by atoms with Crippen molar-refractivity contribution in [1.29, 1.82) is 0 Å². The van der Waals surface area contributed by atoms with Crippen LogP contribution in [0, 0.1) is 11.8 Å². The van der Waals surface area contributed by atoms with E-state index in [4.69, 9.17) is 9.84 Å². The van der Waals surface area contributed by atoms with Crippen molar-refractivity contribution in [2.75, 3.05) is 13.7 Å². The van der Waals surface area contributed by atoms with Gasteiger partial charge in [0.1, 0.15) is 0 Å². The lowest BCUT2D eigenvalue weighted by Gasteiger charge is -2.20. The minimum Gasteiger partial charge on any atom is -0.469 e. The Balaban J connectivity index is 2.18. The smallest absolute Gasteiger partial charge is 0.312 e. The van der Waals surface area contributed by atoms with Gasteiger partial charge in [0.15, 0.2) is 0 Å². The molecule has 0 spiro atoms. The number of carbonyl (C=O) groups is 1. The van der Waals surface area contributed by atoms with Gasteiger partial charge in [-0.15, -0.1) is 0 Å². The summed E-state index contributed by atoms with van der Waals surface area (Å²) in [5.74, 6) is -0.761. The number of hydrogen-bond acceptors (Lipinski definition) is 4. The first-order valence-electron chi connectivity index (χ1n) is 4.30. The summed E-state index contributed by atoms with van der Waals surface area (Å²) in [4.78, 5) is 11.3. The highest BCUT2D eigenvalue weighted by Gasteiger charge is 2.49. The van der Waals surface area contributed by atoms with E-state index in [1.807, 2.05) is 12.2 Å². The number of ether oxygens (including phenoxy) is 2. The van der Waals surface area contributed by atoms with E-state index in [9.17, 15) is 4.79 Å². The molecule has 2 aliphatic rings. The molecule has 1 N–H and O–H groups in total. The van der Waals surface area contributed by atoms with Gasteiger partial charge in [-0.25, -0.2) is 0 Å². The summed E-state index contributed by atoms with van der Waals surface area (Å²) in [5.41, 5.74) is 0. The van der Waals surface area contributed by atoms with E-state index >= 15 is 0 Å². The van der Waals surface area contributed by atoms with Gasteiger partial charge in [0.05, 0.1) is 25.2 Å². The molecular formula is C9H12O4. The Kier molecular flexibility index (Phi) is 2.09. The van der Waals surface area contributed by atoms with Crippen molar-refractivity contribution < 1.29 is 19.4 Å². The zero-order chi connectivity index (χ0) is 9.42. The van der Waals surface area contributed by atoms with Gasteiger partial charge in [-0.2, -0.15) is 0 Å². The third-order valence-electron chi connectivity index (χ3n) is 2.73. The molecule has 1 fully saturated rings. The van der Waals surface area contributed by atoms with Crippen LogP contribution >= 0.6 is 0 Å². The molecule has 72 valence electrons. The molecule has 4 heteroatoms. The maximum atomic E-state index is 11.3. The predicted octanol–water partition coefficient (Wildman–Crippen LogP) is -0.279. The Morgan fingerprint density at radius 1 is 1.54 bits per heavy atom. The summed E-state index contributed by atoms with van der Waals surface area (Å²) in [5, 5.41) is 9.08. The van der Waals surface area contributed by atoms with Crippen LogP contribution in [0.15, 0.2) is 12.2 Å². The average molecular weight is 184 g/mol. The highest BCUT2D eigenvalue weighted by molar-refractivity contribution is 5.74. The zero-order valence-electron chi connectivity index (χ0n) is 7.34. The second-order valence-corrected chi connectivity index (χ2v) is 3.35. The number of fused-ring (bicyclic) bond motifs is 2. The van der Waals surface area contributed by atoms with Gasteiger partial charge < -0.3 is 14.6 Å². The molecule has 0 aliphatic carbocycles. The van der Waals surface area contributed by atoms with E-state index in [2.05, 4.69) is 4.74 Å². The molecule has 1 saturated heterocycles. The Bertz CT molecular complexity index is 248. The normalized spacial score (nSPS) is 41.1. The van der Waals surface area contributed by atoms with Crippen LogP contribution < -0.4 is 0 Å². The molecule has 4 atom stereocenters. The summed E-state index contributed by atoms with van der Waals surface area (Å²) in [6.07, 6.45) is 3.44. The van der Waals surface area contributed by atoms with Gasteiger partial charge in [0.2, 0.25) is 0 Å². The van der Waals surface area contributed by atoms with Crippen molar-refractivity contribution in [2.24, 2.45) is 11.8 Å². The van der Waals surface area contributed by atoms with Crippen LogP contribution in [0.25, 0.3) is 0 Å². The quantitative estimate of drug-likeness (QED) is 0.473. The number of rotatable bonds is 2. The van der Waals surface area contributed by atoms with Crippen molar-refractivity contribution in [3.63, 3.8) is 0 Å². The van der Waals surface area contributed by atoms with Gasteiger partial charge in [0.25, 0.3) is 0 Å². The van der Waals surface area contributed by atoms with Gasteiger partial charge in [-0.05, 0) is 0 Å². The number of aliphatic hydroxyl groups excluding tert-OH is 1. The lowest BCUT2D eigenvalue weighted by Crippen LogP contribution is -2.34. The number of esters is 1. The first kappa shape index (κ1) is 8.72. The average Bonchev–Trinajstić information content (AvgIpc) is 2.74. The second kappa shape index (κ2) is 3.12. The summed E-state index contributed by atoms with van der Waals surface area (Å²) in [6.45, 7) is -0.0364. The molecule has 2 bridgehead atoms. The fourth-order valence-electron chi connectivity index (χ4n) is 2.05. The Morgan fingerprint density at radius 2 is 2.23 bits per heavy atom. The maximum Gasteiger partial charge on any atom is 0.312 e. The highest BCUT2D eigenvalue weighted by atomic mass is 16.5. The van der Waals surface area contributed by atoms with Gasteiger partial charge >= 0.3 is 5.97 Å². The van der Waals surface area contributed by atoms with E-state index < -0.39 is 0 Å². The first-order valence-corrected chi connectivity index (χ1v) is 4.30. The molecule has 4 unspecified atom stereocenters. The minimum atomic E-state index is -0.329. The number of carbonyl (C=O) groups excluding carboxylic acids is 1. The lowest BCUT2D eigenvalue weighted by molar-refractivity contribution is -0.148. The summed E-state index contributed by atoms with van der Waals surface area (Å²) in [6, 6.07) is 0. The minimum absolute atomic E-state index is 0.0364. The third-order valence-corrected chi connectivity index (χ3v) is 2.73. The molecule has 2 aliphatic heterocycles. The molecule has 0 amide bonds. The van der Waals surface area contributed by atoms with Crippen LogP contribution in [-0.4, -0.2) is 37.0 Å². The Labute approximate surface area is 76.1 Å². The van der Waals surface area contributed by atoms with Crippen LogP contribution in [0.5, 0.6) is 0 Å². The fourth-order valence-corrected chi connectivity index (χ4v) is 2.05. The van der Waals surface area contributed by atoms with Gasteiger partial charge in [-0.3, -0.25) is 4.79 Å². The molecule has 0 aromatic rings. The Hall–Kier alpha value is -0.870. The number of methoxy groups -OCH3 is 1. The molecular weight excluding hydrogens is 172 g/mol. The number of hydrogen-bond donors (Lipinski definition) is 1. The van der Waals surface area contributed by atoms with E-state index in [0.29, 0.717) is 0 Å². The van der Waals surface area contributed by atoms with Crippen LogP contribution in [0.4, 0.5) is 0 Å². The van der Waals surface area contributed by atoms with Crippen molar-refractivity contribution >= 4 is 5.97 Å². The molecule has 0 aromatic heterocycles. The van der Waals surface area contributed by atoms with Gasteiger partial charge in [0, 0.05) is 12.5 Å². The first-order chi connectivity index (χ1) is 6.27. The standard InChI is InChI=1S/C9H12O4/c1-12-9(11)8-5(4-10)6-2-3-7(8)13-6/h2-3,5-8,10H,4H2,1H3. The maximum absolute atomic E-state index is 11.3. The zero-order valence-corrected chi connectivity index (χ0v) is 7.34. The molecule has 0 aromatic carbocycles. The van der Waals surface area contributed by atoms with Crippen molar-refractivity contribution in [3.8, 4) is 0 Å². The van der Waals surface area contributed by atoms with Crippen molar-refractivity contribution in [2.45, 2.75) is 12.2 Å². The van der Waals surface area contributed by atoms with Crippen LogP contribution in [0.2, 0.25) is 0 Å². The van der Waals surface area contributed by atoms with Crippen molar-refractivity contribution in [3.05, 3.63) is 12.2 Å². The molecule has 13 heavy (non-hydrogen) atoms. The van der Waals surface area contributed by atoms with E-state index in [1.54, 1.807) is 0 Å². The molecule has 0 saturated carbocycles. The largest absolute Gasteiger partial charge is 0.469 e. The van der Waals surface area contributed by atoms with Crippen LogP contribution in [0.1, 0.15) is 0 Å².